The lowest BCUT2D eigenvalue weighted by atomic mass is 10.2. The molecule has 1 aromatic rings. The lowest BCUT2D eigenvalue weighted by Crippen LogP contribution is -2.22. The van der Waals surface area contributed by atoms with Crippen molar-refractivity contribution < 1.29 is 17.9 Å². The van der Waals surface area contributed by atoms with Gasteiger partial charge in [0.15, 0.2) is 0 Å². The summed E-state index contributed by atoms with van der Waals surface area (Å²) in [7, 11) is -4.00. The van der Waals surface area contributed by atoms with Crippen molar-refractivity contribution in [3.05, 3.63) is 35.9 Å². The summed E-state index contributed by atoms with van der Waals surface area (Å²) in [6.07, 6.45) is 3.66. The van der Waals surface area contributed by atoms with Crippen molar-refractivity contribution in [1.82, 2.24) is 5.32 Å². The van der Waals surface area contributed by atoms with Crippen LogP contribution in [0.15, 0.2) is 30.4 Å². The normalized spacial score (nSPS) is 11.0. The Labute approximate surface area is 135 Å². The molecule has 124 valence electrons. The van der Waals surface area contributed by atoms with Crippen LogP contribution < -0.4 is 19.9 Å². The number of amides is 1. The van der Waals surface area contributed by atoms with Gasteiger partial charge in [-0.05, 0) is 24.6 Å². The highest BCUT2D eigenvalue weighted by Gasteiger charge is 2.12. The molecule has 9 heteroatoms. The Morgan fingerprint density at radius 3 is 2.83 bits per heavy atom. The van der Waals surface area contributed by atoms with Gasteiger partial charge in [0.25, 0.3) is 10.2 Å². The van der Waals surface area contributed by atoms with Gasteiger partial charge in [0.05, 0.1) is 5.69 Å². The fourth-order valence-corrected chi connectivity index (χ4v) is 2.08. The lowest BCUT2D eigenvalue weighted by Gasteiger charge is -2.10. The molecule has 8 nitrogen and oxygen atoms in total. The summed E-state index contributed by atoms with van der Waals surface area (Å²) >= 11 is 0. The predicted octanol–water partition coefficient (Wildman–Crippen LogP) is 0.635. The van der Waals surface area contributed by atoms with Crippen molar-refractivity contribution in [3.8, 4) is 11.8 Å². The maximum atomic E-state index is 11.4. The first-order chi connectivity index (χ1) is 10.9. The zero-order chi connectivity index (χ0) is 17.3. The molecule has 0 aliphatic carbocycles. The van der Waals surface area contributed by atoms with Crippen LogP contribution in [0.2, 0.25) is 0 Å². The van der Waals surface area contributed by atoms with E-state index in [1.807, 2.05) is 17.7 Å². The number of ether oxygens (including phenoxy) is 1. The van der Waals surface area contributed by atoms with E-state index >= 15 is 0 Å². The van der Waals surface area contributed by atoms with Gasteiger partial charge >= 0.3 is 0 Å². The maximum Gasteiger partial charge on any atom is 0.296 e. The van der Waals surface area contributed by atoms with E-state index in [1.54, 1.807) is 0 Å². The molecule has 0 aliphatic heterocycles. The van der Waals surface area contributed by atoms with Gasteiger partial charge in [-0.3, -0.25) is 9.52 Å². The zero-order valence-electron chi connectivity index (χ0n) is 12.6. The zero-order valence-corrected chi connectivity index (χ0v) is 13.4. The molecule has 0 bridgehead atoms. The van der Waals surface area contributed by atoms with Crippen LogP contribution in [0.4, 0.5) is 5.69 Å². The standard InChI is InChI=1S/C14H18N4O4S/c1-2-8-17-14(19)7-4-9-22-13-6-3-5-12(11(13)10-15)18-23(16,20)21/h3-7,18H,2,8-9H2,1H3,(H,17,19)(H2,16,20,21)/b7-4+. The summed E-state index contributed by atoms with van der Waals surface area (Å²) in [5.74, 6) is -0.0552. The third-order valence-corrected chi connectivity index (χ3v) is 3.05. The maximum absolute atomic E-state index is 11.4. The number of carbonyl (C=O) groups is 1. The third kappa shape index (κ3) is 6.82. The first-order valence-corrected chi connectivity index (χ1v) is 8.32. The highest BCUT2D eigenvalue weighted by Crippen LogP contribution is 2.26. The molecule has 0 aliphatic rings. The van der Waals surface area contributed by atoms with Crippen molar-refractivity contribution in [2.45, 2.75) is 13.3 Å². The minimum Gasteiger partial charge on any atom is -0.488 e. The van der Waals surface area contributed by atoms with Crippen LogP contribution in [0.25, 0.3) is 0 Å². The molecule has 1 amide bonds. The molecule has 1 aromatic carbocycles. The predicted molar refractivity (Wildman–Crippen MR) is 85.8 cm³/mol. The van der Waals surface area contributed by atoms with Crippen LogP contribution >= 0.6 is 0 Å². The number of hydrogen-bond acceptors (Lipinski definition) is 5. The Kier molecular flexibility index (Phi) is 7.05. The lowest BCUT2D eigenvalue weighted by molar-refractivity contribution is -0.116. The molecule has 0 radical (unpaired) electrons. The van der Waals surface area contributed by atoms with E-state index in [0.717, 1.165) is 6.42 Å². The number of nitrogens with zero attached hydrogens (tertiary/aromatic N) is 1. The molecule has 0 heterocycles. The van der Waals surface area contributed by atoms with Crippen molar-refractivity contribution in [2.24, 2.45) is 5.14 Å². The van der Waals surface area contributed by atoms with E-state index in [9.17, 15) is 13.2 Å². The summed E-state index contributed by atoms with van der Waals surface area (Å²) in [4.78, 5) is 11.4. The largest absolute Gasteiger partial charge is 0.488 e. The monoisotopic (exact) mass is 338 g/mol. The molecule has 23 heavy (non-hydrogen) atoms. The number of benzene rings is 1. The van der Waals surface area contributed by atoms with Gasteiger partial charge in [-0.25, -0.2) is 5.14 Å². The number of carbonyl (C=O) groups excluding carboxylic acids is 1. The van der Waals surface area contributed by atoms with E-state index < -0.39 is 10.2 Å². The van der Waals surface area contributed by atoms with E-state index in [4.69, 9.17) is 15.1 Å². The molecular formula is C14H18N4O4S. The molecule has 4 N–H and O–H groups in total. The van der Waals surface area contributed by atoms with Gasteiger partial charge in [0.1, 0.15) is 24.0 Å². The Bertz CT molecular complexity index is 723. The Balaban J connectivity index is 2.74. The van der Waals surface area contributed by atoms with Crippen molar-refractivity contribution >= 4 is 21.8 Å². The quantitative estimate of drug-likeness (QED) is 0.598. The number of hydrogen-bond donors (Lipinski definition) is 3. The fraction of sp³-hybridized carbons (Fsp3) is 0.286. The number of nitriles is 1. The summed E-state index contributed by atoms with van der Waals surface area (Å²) < 4.78 is 29.5. The van der Waals surface area contributed by atoms with Gasteiger partial charge in [-0.15, -0.1) is 0 Å². The topological polar surface area (TPSA) is 134 Å². The van der Waals surface area contributed by atoms with Crippen LogP contribution in [0.3, 0.4) is 0 Å². The van der Waals surface area contributed by atoms with Gasteiger partial charge in [0.2, 0.25) is 5.91 Å². The molecule has 1 rings (SSSR count). The third-order valence-electron chi connectivity index (χ3n) is 2.54. The molecule has 0 aromatic heterocycles. The van der Waals surface area contributed by atoms with E-state index in [0.29, 0.717) is 6.54 Å². The molecular weight excluding hydrogens is 320 g/mol. The number of nitrogens with two attached hydrogens (primary N) is 1. The van der Waals surface area contributed by atoms with Crippen LogP contribution in [-0.2, 0) is 15.0 Å². The van der Waals surface area contributed by atoms with Gasteiger partial charge in [-0.2, -0.15) is 13.7 Å². The molecule has 0 spiro atoms. The first kappa shape index (κ1) is 18.5. The molecule has 0 fully saturated rings. The van der Waals surface area contributed by atoms with Gasteiger partial charge in [0, 0.05) is 12.6 Å². The Morgan fingerprint density at radius 2 is 2.22 bits per heavy atom. The van der Waals surface area contributed by atoms with Crippen molar-refractivity contribution in [2.75, 3.05) is 17.9 Å². The van der Waals surface area contributed by atoms with E-state index in [1.165, 1.54) is 30.4 Å². The van der Waals surface area contributed by atoms with Crippen molar-refractivity contribution in [1.29, 1.82) is 5.26 Å². The molecule has 0 saturated carbocycles. The van der Waals surface area contributed by atoms with Crippen LogP contribution in [0.5, 0.6) is 5.75 Å². The Hall–Kier alpha value is -2.57. The van der Waals surface area contributed by atoms with Crippen molar-refractivity contribution in [3.63, 3.8) is 0 Å². The van der Waals surface area contributed by atoms with Gasteiger partial charge in [-0.1, -0.05) is 13.0 Å². The number of rotatable bonds is 8. The fourth-order valence-electron chi connectivity index (χ4n) is 1.61. The smallest absolute Gasteiger partial charge is 0.296 e. The minimum atomic E-state index is -4.00. The second kappa shape index (κ2) is 8.77. The summed E-state index contributed by atoms with van der Waals surface area (Å²) in [5.41, 5.74) is 0.0301. The number of anilines is 1. The van der Waals surface area contributed by atoms with Crippen LogP contribution in [0, 0.1) is 11.3 Å². The Morgan fingerprint density at radius 1 is 1.48 bits per heavy atom. The highest BCUT2D eigenvalue weighted by atomic mass is 32.2. The second-order valence-corrected chi connectivity index (χ2v) is 5.74. The van der Waals surface area contributed by atoms with Gasteiger partial charge < -0.3 is 10.1 Å². The van der Waals surface area contributed by atoms with Crippen LogP contribution in [-0.4, -0.2) is 27.5 Å². The summed E-state index contributed by atoms with van der Waals surface area (Å²) in [5, 5.41) is 16.7. The average Bonchev–Trinajstić information content (AvgIpc) is 2.48. The second-order valence-electron chi connectivity index (χ2n) is 4.44. The van der Waals surface area contributed by atoms with E-state index in [-0.39, 0.29) is 29.5 Å². The average molecular weight is 338 g/mol. The highest BCUT2D eigenvalue weighted by molar-refractivity contribution is 7.90. The first-order valence-electron chi connectivity index (χ1n) is 6.78. The van der Waals surface area contributed by atoms with Crippen LogP contribution in [0.1, 0.15) is 18.9 Å². The SMILES string of the molecule is CCCNC(=O)/C=C/COc1cccc(NS(N)(=O)=O)c1C#N. The minimum absolute atomic E-state index is 0.00496. The molecule has 0 atom stereocenters. The molecule has 0 unspecified atom stereocenters. The summed E-state index contributed by atoms with van der Waals surface area (Å²) in [6.45, 7) is 2.58. The molecule has 0 saturated heterocycles. The van der Waals surface area contributed by atoms with E-state index in [2.05, 4.69) is 5.32 Å². The summed E-state index contributed by atoms with van der Waals surface area (Å²) in [6, 6.07) is 6.27. The number of nitrogens with one attached hydrogen (secondary N) is 2.